The Morgan fingerprint density at radius 3 is 2.70 bits per heavy atom. The number of nitrogens with one attached hydrogen (secondary N) is 1. The molecule has 0 bridgehead atoms. The fourth-order valence-corrected chi connectivity index (χ4v) is 4.40. The topological polar surface area (TPSA) is 35.5 Å². The summed E-state index contributed by atoms with van der Waals surface area (Å²) in [5, 5.41) is 13.6. The first kappa shape index (κ1) is 16.3. The van der Waals surface area contributed by atoms with Crippen LogP contribution in [0.5, 0.6) is 0 Å². The highest BCUT2D eigenvalue weighted by molar-refractivity contribution is 5.00. The summed E-state index contributed by atoms with van der Waals surface area (Å²) < 4.78 is 0. The maximum atomic E-state index is 9.95. The van der Waals surface area contributed by atoms with Gasteiger partial charge in [-0.2, -0.15) is 0 Å². The molecule has 1 heterocycles. The van der Waals surface area contributed by atoms with Crippen LogP contribution >= 0.6 is 0 Å². The van der Waals surface area contributed by atoms with Crippen molar-refractivity contribution < 1.29 is 5.11 Å². The fraction of sp³-hybridized carbons (Fsp3) is 1.00. The van der Waals surface area contributed by atoms with Crippen molar-refractivity contribution in [1.82, 2.24) is 10.2 Å². The van der Waals surface area contributed by atoms with Gasteiger partial charge in [0, 0.05) is 17.6 Å². The van der Waals surface area contributed by atoms with Gasteiger partial charge in [-0.3, -0.25) is 0 Å². The summed E-state index contributed by atoms with van der Waals surface area (Å²) in [6, 6.07) is 1.21. The van der Waals surface area contributed by atoms with E-state index in [2.05, 4.69) is 31.0 Å². The zero-order valence-corrected chi connectivity index (χ0v) is 13.7. The van der Waals surface area contributed by atoms with E-state index in [0.29, 0.717) is 18.6 Å². The standard InChI is InChI=1S/C17H34N2O/c1-14(2)18-17(13-20)10-6-8-16(17)9-12-19-11-5-4-7-15(19)3/h14-16,18,20H,4-13H2,1-3H3. The van der Waals surface area contributed by atoms with E-state index in [4.69, 9.17) is 0 Å². The van der Waals surface area contributed by atoms with Crippen molar-refractivity contribution in [3.63, 3.8) is 0 Å². The summed E-state index contributed by atoms with van der Waals surface area (Å²) in [7, 11) is 0. The predicted molar refractivity (Wildman–Crippen MR) is 84.9 cm³/mol. The summed E-state index contributed by atoms with van der Waals surface area (Å²) in [5.74, 6) is 0.643. The minimum atomic E-state index is -0.00675. The fourth-order valence-electron chi connectivity index (χ4n) is 4.40. The van der Waals surface area contributed by atoms with Gasteiger partial charge in [-0.25, -0.2) is 0 Å². The monoisotopic (exact) mass is 282 g/mol. The molecule has 0 spiro atoms. The Balaban J connectivity index is 1.89. The van der Waals surface area contributed by atoms with Gasteiger partial charge in [0.05, 0.1) is 6.61 Å². The average Bonchev–Trinajstić information content (AvgIpc) is 2.80. The van der Waals surface area contributed by atoms with E-state index in [-0.39, 0.29) is 5.54 Å². The van der Waals surface area contributed by atoms with Crippen molar-refractivity contribution in [2.45, 2.75) is 83.3 Å². The van der Waals surface area contributed by atoms with E-state index in [1.807, 2.05) is 0 Å². The third-order valence-corrected chi connectivity index (χ3v) is 5.52. The minimum Gasteiger partial charge on any atom is -0.394 e. The van der Waals surface area contributed by atoms with Crippen LogP contribution in [0, 0.1) is 5.92 Å². The molecule has 2 aliphatic rings. The Bertz CT molecular complexity index is 295. The van der Waals surface area contributed by atoms with Gasteiger partial charge in [0.1, 0.15) is 0 Å². The highest BCUT2D eigenvalue weighted by Crippen LogP contribution is 2.38. The van der Waals surface area contributed by atoms with Gasteiger partial charge in [-0.05, 0) is 58.0 Å². The van der Waals surface area contributed by atoms with Crippen LogP contribution in [0.2, 0.25) is 0 Å². The third-order valence-electron chi connectivity index (χ3n) is 5.52. The van der Waals surface area contributed by atoms with Crippen molar-refractivity contribution in [3.05, 3.63) is 0 Å². The van der Waals surface area contributed by atoms with Gasteiger partial charge < -0.3 is 15.3 Å². The van der Waals surface area contributed by atoms with E-state index in [1.54, 1.807) is 0 Å². The van der Waals surface area contributed by atoms with Crippen LogP contribution in [-0.4, -0.2) is 47.3 Å². The molecule has 3 nitrogen and oxygen atoms in total. The average molecular weight is 282 g/mol. The Morgan fingerprint density at radius 1 is 1.25 bits per heavy atom. The van der Waals surface area contributed by atoms with E-state index < -0.39 is 0 Å². The first-order valence-electron chi connectivity index (χ1n) is 8.70. The van der Waals surface area contributed by atoms with Crippen molar-refractivity contribution >= 4 is 0 Å². The van der Waals surface area contributed by atoms with Crippen molar-refractivity contribution in [2.75, 3.05) is 19.7 Å². The molecule has 2 rings (SSSR count). The molecule has 3 heteroatoms. The summed E-state index contributed by atoms with van der Waals surface area (Å²) >= 11 is 0. The molecule has 1 saturated carbocycles. The quantitative estimate of drug-likeness (QED) is 0.786. The lowest BCUT2D eigenvalue weighted by atomic mass is 9.84. The van der Waals surface area contributed by atoms with Gasteiger partial charge in [-0.1, -0.05) is 26.7 Å². The molecular weight excluding hydrogens is 248 g/mol. The number of rotatable bonds is 6. The van der Waals surface area contributed by atoms with Crippen LogP contribution in [0.1, 0.15) is 65.7 Å². The number of hydrogen-bond donors (Lipinski definition) is 2. The van der Waals surface area contributed by atoms with Crippen LogP contribution < -0.4 is 5.32 Å². The molecule has 0 aromatic rings. The number of hydrogen-bond acceptors (Lipinski definition) is 3. The predicted octanol–water partition coefficient (Wildman–Crippen LogP) is 2.78. The molecule has 2 fully saturated rings. The summed E-state index contributed by atoms with van der Waals surface area (Å²) in [4.78, 5) is 2.67. The molecule has 0 aromatic carbocycles. The maximum absolute atomic E-state index is 9.95. The molecule has 2 N–H and O–H groups in total. The molecule has 0 amide bonds. The number of aliphatic hydroxyl groups excluding tert-OH is 1. The molecule has 1 aliphatic carbocycles. The normalized spacial score (nSPS) is 35.9. The minimum absolute atomic E-state index is 0.00675. The molecule has 1 saturated heterocycles. The molecule has 0 radical (unpaired) electrons. The zero-order chi connectivity index (χ0) is 14.6. The lowest BCUT2D eigenvalue weighted by molar-refractivity contribution is 0.0917. The molecule has 20 heavy (non-hydrogen) atoms. The summed E-state index contributed by atoms with van der Waals surface area (Å²) in [5.41, 5.74) is -0.00675. The molecule has 3 atom stereocenters. The Morgan fingerprint density at radius 2 is 2.05 bits per heavy atom. The first-order valence-corrected chi connectivity index (χ1v) is 8.70. The van der Waals surface area contributed by atoms with Gasteiger partial charge in [-0.15, -0.1) is 0 Å². The van der Waals surface area contributed by atoms with E-state index in [0.717, 1.165) is 12.5 Å². The van der Waals surface area contributed by atoms with Crippen molar-refractivity contribution in [1.29, 1.82) is 0 Å². The van der Waals surface area contributed by atoms with Crippen LogP contribution in [0.15, 0.2) is 0 Å². The summed E-state index contributed by atoms with van der Waals surface area (Å²) in [6.45, 7) is 9.55. The lowest BCUT2D eigenvalue weighted by Crippen LogP contribution is -2.54. The van der Waals surface area contributed by atoms with E-state index >= 15 is 0 Å². The second-order valence-corrected chi connectivity index (χ2v) is 7.37. The summed E-state index contributed by atoms with van der Waals surface area (Å²) in [6.07, 6.45) is 9.05. The molecule has 118 valence electrons. The van der Waals surface area contributed by atoms with Gasteiger partial charge >= 0.3 is 0 Å². The van der Waals surface area contributed by atoms with Gasteiger partial charge in [0.15, 0.2) is 0 Å². The smallest absolute Gasteiger partial charge is 0.0616 e. The molecule has 1 aliphatic heterocycles. The zero-order valence-electron chi connectivity index (χ0n) is 13.7. The van der Waals surface area contributed by atoms with Crippen molar-refractivity contribution in [3.8, 4) is 0 Å². The van der Waals surface area contributed by atoms with Crippen LogP contribution in [-0.2, 0) is 0 Å². The maximum Gasteiger partial charge on any atom is 0.0616 e. The molecular formula is C17H34N2O. The Labute approximate surface area is 125 Å². The second-order valence-electron chi connectivity index (χ2n) is 7.37. The highest BCUT2D eigenvalue weighted by Gasteiger charge is 2.42. The SMILES string of the molecule is CC(C)NC1(CO)CCCC1CCN1CCCCC1C. The number of likely N-dealkylation sites (tertiary alicyclic amines) is 1. The van der Waals surface area contributed by atoms with Crippen LogP contribution in [0.4, 0.5) is 0 Å². The third kappa shape index (κ3) is 3.75. The van der Waals surface area contributed by atoms with Gasteiger partial charge in [0.25, 0.3) is 0 Å². The van der Waals surface area contributed by atoms with Crippen molar-refractivity contribution in [2.24, 2.45) is 5.92 Å². The second kappa shape index (κ2) is 7.24. The largest absolute Gasteiger partial charge is 0.394 e. The molecule has 0 aromatic heterocycles. The molecule has 3 unspecified atom stereocenters. The van der Waals surface area contributed by atoms with Gasteiger partial charge in [0.2, 0.25) is 0 Å². The Kier molecular flexibility index (Phi) is 5.88. The van der Waals surface area contributed by atoms with Crippen LogP contribution in [0.3, 0.4) is 0 Å². The number of piperidine rings is 1. The highest BCUT2D eigenvalue weighted by atomic mass is 16.3. The lowest BCUT2D eigenvalue weighted by Gasteiger charge is -2.39. The van der Waals surface area contributed by atoms with Crippen LogP contribution in [0.25, 0.3) is 0 Å². The van der Waals surface area contributed by atoms with E-state index in [1.165, 1.54) is 51.6 Å². The first-order chi connectivity index (χ1) is 9.57. The number of aliphatic hydroxyl groups is 1. The number of nitrogens with zero attached hydrogens (tertiary/aromatic N) is 1. The van der Waals surface area contributed by atoms with E-state index in [9.17, 15) is 5.11 Å². The Hall–Kier alpha value is -0.120.